The number of hydrogen-bond donors (Lipinski definition) is 2. The first-order valence-corrected chi connectivity index (χ1v) is 11.8. The molecule has 2 amide bonds. The Balaban J connectivity index is 1.75. The van der Waals surface area contributed by atoms with Gasteiger partial charge in [0, 0.05) is 17.3 Å². The smallest absolute Gasteiger partial charge is 0.251 e. The highest BCUT2D eigenvalue weighted by molar-refractivity contribution is 6.01. The molecule has 4 rings (SSSR count). The molecule has 37 heavy (non-hydrogen) atoms. The zero-order chi connectivity index (χ0) is 26.7. The monoisotopic (exact) mass is 502 g/mol. The highest BCUT2D eigenvalue weighted by Crippen LogP contribution is 2.31. The Labute approximate surface area is 214 Å². The third kappa shape index (κ3) is 6.21. The molecule has 0 spiro atoms. The van der Waals surface area contributed by atoms with Crippen molar-refractivity contribution in [3.8, 4) is 17.3 Å². The Kier molecular flexibility index (Phi) is 7.10. The molecule has 0 aliphatic heterocycles. The van der Waals surface area contributed by atoms with E-state index < -0.39 is 17.5 Å². The molecular weight excluding hydrogens is 472 g/mol. The second-order valence-electron chi connectivity index (χ2n) is 9.89. The van der Waals surface area contributed by atoms with Crippen LogP contribution >= 0.6 is 0 Å². The number of tetrazole rings is 1. The lowest BCUT2D eigenvalue weighted by atomic mass is 9.99. The van der Waals surface area contributed by atoms with Crippen LogP contribution in [0.1, 0.15) is 43.7 Å². The minimum Gasteiger partial charge on any atom is -0.508 e. The maximum Gasteiger partial charge on any atom is 0.251 e. The van der Waals surface area contributed by atoms with Gasteiger partial charge in [-0.05, 0) is 69.7 Å². The standard InChI is InChI=1S/C27H30N6O4/c1-17-9-12-19(13-10-17)24(26(36)28-27(3,4)5)33(20-7-6-8-21(34)15-20)23(35)16-32-30-25(29-31-32)22-14-11-18(2)37-22/h6-15,24,34H,16H2,1-5H3,(H,28,36)/t24-/m0/s1. The van der Waals surface area contributed by atoms with Gasteiger partial charge in [0.1, 0.15) is 24.1 Å². The number of aromatic nitrogens is 4. The van der Waals surface area contributed by atoms with Gasteiger partial charge >= 0.3 is 0 Å². The maximum absolute atomic E-state index is 13.8. The summed E-state index contributed by atoms with van der Waals surface area (Å²) in [5.74, 6) is 0.492. The summed E-state index contributed by atoms with van der Waals surface area (Å²) in [5.41, 5.74) is 1.43. The van der Waals surface area contributed by atoms with Gasteiger partial charge in [-0.25, -0.2) is 0 Å². The Morgan fingerprint density at radius 1 is 1.08 bits per heavy atom. The van der Waals surface area contributed by atoms with Gasteiger partial charge in [-0.2, -0.15) is 4.80 Å². The van der Waals surface area contributed by atoms with Gasteiger partial charge in [0.15, 0.2) is 5.76 Å². The zero-order valence-electron chi connectivity index (χ0n) is 21.5. The predicted molar refractivity (Wildman–Crippen MR) is 138 cm³/mol. The number of nitrogens with one attached hydrogen (secondary N) is 1. The average Bonchev–Trinajstić information content (AvgIpc) is 3.45. The molecule has 192 valence electrons. The molecule has 1 atom stereocenters. The van der Waals surface area contributed by atoms with Crippen molar-refractivity contribution < 1.29 is 19.1 Å². The molecule has 4 aromatic rings. The van der Waals surface area contributed by atoms with E-state index in [2.05, 4.69) is 20.7 Å². The number of phenolic OH excluding ortho intramolecular Hbond substituents is 1. The molecule has 10 heteroatoms. The second-order valence-corrected chi connectivity index (χ2v) is 9.89. The van der Waals surface area contributed by atoms with Crippen molar-refractivity contribution in [1.82, 2.24) is 25.5 Å². The summed E-state index contributed by atoms with van der Waals surface area (Å²) in [6, 6.07) is 16.1. The lowest BCUT2D eigenvalue weighted by Crippen LogP contribution is -2.50. The molecule has 0 aliphatic carbocycles. The Hall–Kier alpha value is -4.47. The number of amides is 2. The first-order valence-electron chi connectivity index (χ1n) is 11.8. The van der Waals surface area contributed by atoms with Crippen LogP contribution in [0.25, 0.3) is 11.6 Å². The molecule has 2 heterocycles. The number of hydrogen-bond acceptors (Lipinski definition) is 7. The molecule has 0 unspecified atom stereocenters. The Morgan fingerprint density at radius 2 is 1.81 bits per heavy atom. The van der Waals surface area contributed by atoms with Crippen LogP contribution in [-0.4, -0.2) is 42.7 Å². The zero-order valence-corrected chi connectivity index (χ0v) is 21.5. The molecule has 0 fully saturated rings. The quantitative estimate of drug-likeness (QED) is 0.392. The van der Waals surface area contributed by atoms with Crippen LogP contribution in [0.2, 0.25) is 0 Å². The van der Waals surface area contributed by atoms with E-state index in [-0.39, 0.29) is 24.0 Å². The van der Waals surface area contributed by atoms with E-state index in [1.165, 1.54) is 17.0 Å². The maximum atomic E-state index is 13.8. The molecule has 0 bridgehead atoms. The number of aryl methyl sites for hydroxylation is 2. The number of benzene rings is 2. The van der Waals surface area contributed by atoms with Crippen molar-refractivity contribution in [2.75, 3.05) is 4.90 Å². The number of anilines is 1. The van der Waals surface area contributed by atoms with Crippen LogP contribution in [0.3, 0.4) is 0 Å². The van der Waals surface area contributed by atoms with Crippen LogP contribution in [0.15, 0.2) is 65.1 Å². The van der Waals surface area contributed by atoms with Crippen LogP contribution in [0.5, 0.6) is 5.75 Å². The van der Waals surface area contributed by atoms with Crippen LogP contribution < -0.4 is 10.2 Å². The van der Waals surface area contributed by atoms with E-state index in [0.29, 0.717) is 22.8 Å². The number of rotatable bonds is 7. The van der Waals surface area contributed by atoms with E-state index >= 15 is 0 Å². The first kappa shape index (κ1) is 25.6. The van der Waals surface area contributed by atoms with E-state index in [1.54, 1.807) is 31.2 Å². The van der Waals surface area contributed by atoms with Gasteiger partial charge in [-0.1, -0.05) is 35.9 Å². The van der Waals surface area contributed by atoms with E-state index in [4.69, 9.17) is 4.42 Å². The summed E-state index contributed by atoms with van der Waals surface area (Å²) in [5, 5.41) is 25.4. The topological polar surface area (TPSA) is 126 Å². The fourth-order valence-electron chi connectivity index (χ4n) is 3.85. The third-order valence-electron chi connectivity index (χ3n) is 5.46. The van der Waals surface area contributed by atoms with Gasteiger partial charge in [0.05, 0.1) is 0 Å². The highest BCUT2D eigenvalue weighted by Gasteiger charge is 2.35. The van der Waals surface area contributed by atoms with Crippen LogP contribution in [-0.2, 0) is 16.1 Å². The summed E-state index contributed by atoms with van der Waals surface area (Å²) in [7, 11) is 0. The predicted octanol–water partition coefficient (Wildman–Crippen LogP) is 3.94. The number of phenols is 1. The van der Waals surface area contributed by atoms with E-state index in [9.17, 15) is 14.7 Å². The van der Waals surface area contributed by atoms with Crippen molar-refractivity contribution in [2.24, 2.45) is 0 Å². The molecule has 2 N–H and O–H groups in total. The largest absolute Gasteiger partial charge is 0.508 e. The molecule has 2 aromatic carbocycles. The molecule has 10 nitrogen and oxygen atoms in total. The van der Waals surface area contributed by atoms with Crippen molar-refractivity contribution in [3.05, 3.63) is 77.6 Å². The number of nitrogens with zero attached hydrogens (tertiary/aromatic N) is 5. The summed E-state index contributed by atoms with van der Waals surface area (Å²) in [4.78, 5) is 30.0. The van der Waals surface area contributed by atoms with Crippen molar-refractivity contribution in [2.45, 2.75) is 52.7 Å². The molecule has 0 saturated carbocycles. The van der Waals surface area contributed by atoms with Crippen molar-refractivity contribution in [3.63, 3.8) is 0 Å². The van der Waals surface area contributed by atoms with Crippen LogP contribution in [0, 0.1) is 13.8 Å². The molecule has 0 radical (unpaired) electrons. The number of carbonyl (C=O) groups excluding carboxylic acids is 2. The normalized spacial score (nSPS) is 12.2. The van der Waals surface area contributed by atoms with E-state index in [1.807, 2.05) is 52.0 Å². The molecule has 0 saturated heterocycles. The molecule has 0 aliphatic rings. The van der Waals surface area contributed by atoms with Gasteiger partial charge in [0.2, 0.25) is 11.7 Å². The lowest BCUT2D eigenvalue weighted by molar-refractivity contribution is -0.128. The first-order chi connectivity index (χ1) is 17.5. The fourth-order valence-corrected chi connectivity index (χ4v) is 3.85. The highest BCUT2D eigenvalue weighted by atomic mass is 16.3. The minimum atomic E-state index is -1.02. The summed E-state index contributed by atoms with van der Waals surface area (Å²) in [6.07, 6.45) is 0. The Bertz CT molecular complexity index is 1400. The summed E-state index contributed by atoms with van der Waals surface area (Å²) >= 11 is 0. The average molecular weight is 503 g/mol. The van der Waals surface area contributed by atoms with Gasteiger partial charge in [-0.3, -0.25) is 14.5 Å². The fraction of sp³-hybridized carbons (Fsp3) is 0.296. The van der Waals surface area contributed by atoms with Gasteiger partial charge in [-0.15, -0.1) is 10.2 Å². The van der Waals surface area contributed by atoms with Gasteiger partial charge < -0.3 is 14.8 Å². The number of aromatic hydroxyl groups is 1. The number of carbonyl (C=O) groups is 2. The lowest BCUT2D eigenvalue weighted by Gasteiger charge is -2.33. The summed E-state index contributed by atoms with van der Waals surface area (Å²) in [6.45, 7) is 9.06. The van der Waals surface area contributed by atoms with Crippen molar-refractivity contribution in [1.29, 1.82) is 0 Å². The molecular formula is C27H30N6O4. The summed E-state index contributed by atoms with van der Waals surface area (Å²) < 4.78 is 5.55. The second kappa shape index (κ2) is 10.3. The minimum absolute atomic E-state index is 0.0384. The Morgan fingerprint density at radius 3 is 2.43 bits per heavy atom. The number of furan rings is 1. The van der Waals surface area contributed by atoms with Crippen LogP contribution in [0.4, 0.5) is 5.69 Å². The van der Waals surface area contributed by atoms with Crippen molar-refractivity contribution >= 4 is 17.5 Å². The SMILES string of the molecule is Cc1ccc([C@@H](C(=O)NC(C)(C)C)N(C(=O)Cn2nnc(-c3ccc(C)o3)n2)c2cccc(O)c2)cc1. The van der Waals surface area contributed by atoms with Gasteiger partial charge in [0.25, 0.3) is 5.91 Å². The molecule has 2 aromatic heterocycles. The van der Waals surface area contributed by atoms with E-state index in [0.717, 1.165) is 10.4 Å². The third-order valence-corrected chi connectivity index (χ3v) is 5.46.